The van der Waals surface area contributed by atoms with Crippen molar-refractivity contribution < 1.29 is 27.5 Å². The molecule has 1 aliphatic heterocycles. The number of piperidine rings is 1. The molecule has 1 fully saturated rings. The van der Waals surface area contributed by atoms with Gasteiger partial charge in [-0.2, -0.15) is 4.31 Å². The summed E-state index contributed by atoms with van der Waals surface area (Å²) in [4.78, 5) is 36.2. The predicted octanol–water partition coefficient (Wildman–Crippen LogP) is 2.65. The molecule has 0 spiro atoms. The zero-order valence-electron chi connectivity index (χ0n) is 17.4. The number of nitrogens with zero attached hydrogens (tertiary/aromatic N) is 1. The molecule has 1 saturated heterocycles. The molecule has 1 atom stereocenters. The molecule has 170 valence electrons. The van der Waals surface area contributed by atoms with Gasteiger partial charge in [0.05, 0.1) is 10.8 Å². The van der Waals surface area contributed by atoms with E-state index in [9.17, 15) is 22.8 Å². The van der Waals surface area contributed by atoms with Gasteiger partial charge in [0.25, 0.3) is 0 Å². The maximum absolute atomic E-state index is 12.8. The van der Waals surface area contributed by atoms with E-state index in [0.717, 1.165) is 0 Å². The number of hydrogen-bond donors (Lipinski definition) is 1. The topological polar surface area (TPSA) is 124 Å². The molecule has 32 heavy (non-hydrogen) atoms. The van der Waals surface area contributed by atoms with Crippen LogP contribution in [0.5, 0.6) is 0 Å². The second-order valence-electron chi connectivity index (χ2n) is 7.52. The molecule has 2 aromatic carbocycles. The zero-order chi connectivity index (χ0) is 23.5. The third kappa shape index (κ3) is 5.35. The van der Waals surface area contributed by atoms with E-state index in [1.807, 2.05) is 0 Å². The minimum atomic E-state index is -3.77. The Morgan fingerprint density at radius 2 is 1.69 bits per heavy atom. The molecule has 0 radical (unpaired) electrons. The number of halogens is 1. The molecule has 2 aromatic rings. The maximum atomic E-state index is 12.8. The van der Waals surface area contributed by atoms with E-state index in [2.05, 4.69) is 0 Å². The van der Waals surface area contributed by atoms with Crippen LogP contribution in [0.4, 0.5) is 0 Å². The van der Waals surface area contributed by atoms with Crippen LogP contribution in [0.1, 0.15) is 40.5 Å². The summed E-state index contributed by atoms with van der Waals surface area (Å²) in [7, 11) is -3.77. The standard InChI is InChI=1S/C22H23ClN2O6S/c1-14(20(26)17-3-2-4-18(23)13-17)31-22(28)16-9-11-25(12-10-16)32(29,30)19-7-5-15(6-8-19)21(24)27/h2-8,13-14,16H,9-12H2,1H3,(H2,24,27)/t14-/m1/s1. The van der Waals surface area contributed by atoms with Gasteiger partial charge in [-0.1, -0.05) is 23.7 Å². The van der Waals surface area contributed by atoms with E-state index >= 15 is 0 Å². The van der Waals surface area contributed by atoms with Crippen molar-refractivity contribution in [3.05, 3.63) is 64.7 Å². The summed E-state index contributed by atoms with van der Waals surface area (Å²) in [5.41, 5.74) is 5.75. The highest BCUT2D eigenvalue weighted by molar-refractivity contribution is 7.89. The number of ether oxygens (including phenoxy) is 1. The van der Waals surface area contributed by atoms with Crippen LogP contribution in [0.3, 0.4) is 0 Å². The van der Waals surface area contributed by atoms with E-state index in [0.29, 0.717) is 10.6 Å². The molecule has 0 saturated carbocycles. The largest absolute Gasteiger partial charge is 0.454 e. The van der Waals surface area contributed by atoms with Crippen molar-refractivity contribution in [2.45, 2.75) is 30.8 Å². The number of esters is 1. The van der Waals surface area contributed by atoms with Crippen LogP contribution in [0, 0.1) is 5.92 Å². The third-order valence-electron chi connectivity index (χ3n) is 5.34. The second-order valence-corrected chi connectivity index (χ2v) is 9.90. The fourth-order valence-corrected chi connectivity index (χ4v) is 5.13. The van der Waals surface area contributed by atoms with E-state index in [-0.39, 0.29) is 42.2 Å². The van der Waals surface area contributed by atoms with Crippen LogP contribution in [0.25, 0.3) is 0 Å². The van der Waals surface area contributed by atoms with Gasteiger partial charge in [0.2, 0.25) is 21.7 Å². The van der Waals surface area contributed by atoms with Gasteiger partial charge < -0.3 is 10.5 Å². The Hall–Kier alpha value is -2.75. The number of hydrogen-bond acceptors (Lipinski definition) is 6. The Balaban J connectivity index is 1.58. The first kappa shape index (κ1) is 23.9. The van der Waals surface area contributed by atoms with E-state index in [4.69, 9.17) is 22.1 Å². The average molecular weight is 479 g/mol. The lowest BCUT2D eigenvalue weighted by molar-refractivity contribution is -0.152. The first-order valence-electron chi connectivity index (χ1n) is 10.00. The summed E-state index contributed by atoms with van der Waals surface area (Å²) in [6.45, 7) is 1.77. The van der Waals surface area contributed by atoms with Gasteiger partial charge in [-0.25, -0.2) is 8.42 Å². The molecule has 1 amide bonds. The van der Waals surface area contributed by atoms with Crippen molar-refractivity contribution in [2.24, 2.45) is 11.7 Å². The lowest BCUT2D eigenvalue weighted by atomic mass is 9.98. The van der Waals surface area contributed by atoms with Crippen LogP contribution in [0.2, 0.25) is 5.02 Å². The van der Waals surface area contributed by atoms with Crippen molar-refractivity contribution in [3.63, 3.8) is 0 Å². The summed E-state index contributed by atoms with van der Waals surface area (Å²) in [6.07, 6.45) is -0.433. The van der Waals surface area contributed by atoms with Crippen molar-refractivity contribution in [1.82, 2.24) is 4.31 Å². The Morgan fingerprint density at radius 1 is 1.06 bits per heavy atom. The van der Waals surface area contributed by atoms with Crippen molar-refractivity contribution in [3.8, 4) is 0 Å². The van der Waals surface area contributed by atoms with Gasteiger partial charge in [0.1, 0.15) is 0 Å². The third-order valence-corrected chi connectivity index (χ3v) is 7.48. The van der Waals surface area contributed by atoms with Crippen LogP contribution in [0.15, 0.2) is 53.4 Å². The molecule has 2 N–H and O–H groups in total. The summed E-state index contributed by atoms with van der Waals surface area (Å²) >= 11 is 5.90. The molecule has 0 bridgehead atoms. The van der Waals surface area contributed by atoms with Gasteiger partial charge in [-0.15, -0.1) is 0 Å². The Morgan fingerprint density at radius 3 is 2.25 bits per heavy atom. The molecule has 3 rings (SSSR count). The number of amides is 1. The summed E-state index contributed by atoms with van der Waals surface area (Å²) in [5, 5.41) is 0.409. The molecule has 1 heterocycles. The Bertz CT molecular complexity index is 1130. The quantitative estimate of drug-likeness (QED) is 0.482. The van der Waals surface area contributed by atoms with Crippen LogP contribution >= 0.6 is 11.6 Å². The van der Waals surface area contributed by atoms with E-state index in [1.165, 1.54) is 41.6 Å². The van der Waals surface area contributed by atoms with Crippen LogP contribution < -0.4 is 5.73 Å². The zero-order valence-corrected chi connectivity index (χ0v) is 18.9. The van der Waals surface area contributed by atoms with Gasteiger partial charge in [-0.3, -0.25) is 14.4 Å². The Kier molecular flexibility index (Phi) is 7.33. The van der Waals surface area contributed by atoms with E-state index in [1.54, 1.807) is 18.2 Å². The summed E-state index contributed by atoms with van der Waals surface area (Å²) in [6, 6.07) is 11.8. The number of rotatable bonds is 7. The normalized spacial score (nSPS) is 16.3. The van der Waals surface area contributed by atoms with E-state index < -0.39 is 33.9 Å². The monoisotopic (exact) mass is 478 g/mol. The fourth-order valence-electron chi connectivity index (χ4n) is 3.47. The molecule has 0 aliphatic carbocycles. The predicted molar refractivity (Wildman–Crippen MR) is 118 cm³/mol. The van der Waals surface area contributed by atoms with Crippen molar-refractivity contribution >= 4 is 39.3 Å². The molecule has 1 aliphatic rings. The number of Topliss-reactive ketones (excluding diaryl/α,β-unsaturated/α-hetero) is 1. The maximum Gasteiger partial charge on any atom is 0.309 e. The fraction of sp³-hybridized carbons (Fsp3) is 0.318. The van der Waals surface area contributed by atoms with Gasteiger partial charge >= 0.3 is 5.97 Å². The molecular formula is C22H23ClN2O6S. The average Bonchev–Trinajstić information content (AvgIpc) is 2.78. The minimum absolute atomic E-state index is 0.0456. The van der Waals surface area contributed by atoms with Gasteiger partial charge in [0.15, 0.2) is 6.10 Å². The number of sulfonamides is 1. The molecule has 0 unspecified atom stereocenters. The first-order valence-corrected chi connectivity index (χ1v) is 11.8. The number of carbonyl (C=O) groups is 3. The Labute approximate surface area is 191 Å². The SMILES string of the molecule is C[C@@H](OC(=O)C1CCN(S(=O)(=O)c2ccc(C(N)=O)cc2)CC1)C(=O)c1cccc(Cl)c1. The van der Waals surface area contributed by atoms with Crippen molar-refractivity contribution in [1.29, 1.82) is 0 Å². The highest BCUT2D eigenvalue weighted by Crippen LogP contribution is 2.25. The lowest BCUT2D eigenvalue weighted by Crippen LogP contribution is -2.41. The van der Waals surface area contributed by atoms with Gasteiger partial charge in [-0.05, 0) is 56.2 Å². The second kappa shape index (κ2) is 9.81. The first-order chi connectivity index (χ1) is 15.1. The smallest absolute Gasteiger partial charge is 0.309 e. The highest BCUT2D eigenvalue weighted by Gasteiger charge is 2.34. The molecule has 0 aromatic heterocycles. The molecular weight excluding hydrogens is 456 g/mol. The number of carbonyl (C=O) groups excluding carboxylic acids is 3. The summed E-state index contributed by atoms with van der Waals surface area (Å²) < 4.78 is 32.3. The lowest BCUT2D eigenvalue weighted by Gasteiger charge is -2.30. The minimum Gasteiger partial charge on any atom is -0.454 e. The van der Waals surface area contributed by atoms with Crippen molar-refractivity contribution in [2.75, 3.05) is 13.1 Å². The van der Waals surface area contributed by atoms with Gasteiger partial charge in [0, 0.05) is 29.2 Å². The molecule has 10 heteroatoms. The van der Waals surface area contributed by atoms with Crippen LogP contribution in [-0.4, -0.2) is 49.6 Å². The number of primary amides is 1. The number of ketones is 1. The summed E-state index contributed by atoms with van der Waals surface area (Å²) in [5.74, 6) is -2.04. The number of nitrogens with two attached hydrogens (primary N) is 1. The highest BCUT2D eigenvalue weighted by atomic mass is 35.5. The molecule has 8 nitrogen and oxygen atoms in total. The van der Waals surface area contributed by atoms with Crippen LogP contribution in [-0.2, 0) is 19.6 Å². The number of benzene rings is 2.